The number of benzene rings is 1. The summed E-state index contributed by atoms with van der Waals surface area (Å²) in [4.78, 5) is 14.4. The minimum atomic E-state index is -3.32. The monoisotopic (exact) mass is 369 g/mol. The lowest BCUT2D eigenvalue weighted by Gasteiger charge is -2.34. The second kappa shape index (κ2) is 8.64. The number of carbonyl (C=O) groups is 1. The van der Waals surface area contributed by atoms with Crippen molar-refractivity contribution < 1.29 is 18.3 Å². The van der Waals surface area contributed by atoms with Crippen LogP contribution < -0.4 is 9.62 Å². The van der Waals surface area contributed by atoms with Crippen molar-refractivity contribution in [3.05, 3.63) is 29.8 Å². The number of sulfonamides is 1. The quantitative estimate of drug-likeness (QED) is 0.737. The molecular formula is C17H27N3O4S. The van der Waals surface area contributed by atoms with Crippen LogP contribution in [0.1, 0.15) is 29.6 Å². The summed E-state index contributed by atoms with van der Waals surface area (Å²) in [7, 11) is -1.84. The van der Waals surface area contributed by atoms with Crippen LogP contribution in [-0.4, -0.2) is 69.9 Å². The highest BCUT2D eigenvalue weighted by molar-refractivity contribution is 7.92. The summed E-state index contributed by atoms with van der Waals surface area (Å²) in [6, 6.07) is 6.65. The van der Waals surface area contributed by atoms with Gasteiger partial charge in [0.2, 0.25) is 10.0 Å². The molecule has 0 spiro atoms. The molecule has 1 aromatic rings. The highest BCUT2D eigenvalue weighted by Crippen LogP contribution is 2.17. The molecule has 0 aromatic heterocycles. The predicted octanol–water partition coefficient (Wildman–Crippen LogP) is 0.659. The highest BCUT2D eigenvalue weighted by atomic mass is 32.2. The molecule has 140 valence electrons. The Balaban J connectivity index is 1.86. The van der Waals surface area contributed by atoms with Gasteiger partial charge in [-0.05, 0) is 43.7 Å². The number of anilines is 1. The molecule has 8 heteroatoms. The number of hydrogen-bond donors (Lipinski definition) is 2. The number of amides is 1. The summed E-state index contributed by atoms with van der Waals surface area (Å²) in [6.07, 6.45) is 4.40. The first-order valence-electron chi connectivity index (χ1n) is 8.50. The van der Waals surface area contributed by atoms with Crippen LogP contribution in [0.2, 0.25) is 0 Å². The molecule has 0 bridgehead atoms. The third-order valence-electron chi connectivity index (χ3n) is 4.63. The predicted molar refractivity (Wildman–Crippen MR) is 98.3 cm³/mol. The molecule has 7 nitrogen and oxygen atoms in total. The molecule has 0 unspecified atom stereocenters. The molecular weight excluding hydrogens is 342 g/mol. The van der Waals surface area contributed by atoms with Gasteiger partial charge in [0, 0.05) is 31.7 Å². The lowest BCUT2D eigenvalue weighted by atomic mass is 10.0. The maximum absolute atomic E-state index is 12.2. The fourth-order valence-electron chi connectivity index (χ4n) is 2.99. The zero-order chi connectivity index (χ0) is 18.4. The van der Waals surface area contributed by atoms with Crippen molar-refractivity contribution in [2.24, 2.45) is 0 Å². The van der Waals surface area contributed by atoms with Crippen molar-refractivity contribution in [1.82, 2.24) is 10.2 Å². The minimum absolute atomic E-state index is 0.156. The molecule has 25 heavy (non-hydrogen) atoms. The van der Waals surface area contributed by atoms with E-state index < -0.39 is 10.0 Å². The molecule has 0 radical (unpaired) electrons. The van der Waals surface area contributed by atoms with Crippen molar-refractivity contribution in [3.8, 4) is 0 Å². The Labute approximate surface area is 149 Å². The number of piperidine rings is 1. The first-order valence-corrected chi connectivity index (χ1v) is 10.3. The molecule has 0 saturated carbocycles. The topological polar surface area (TPSA) is 89.9 Å². The number of carbonyl (C=O) groups excluding carboxylic acids is 1. The van der Waals surface area contributed by atoms with Crippen molar-refractivity contribution in [2.45, 2.75) is 25.3 Å². The van der Waals surface area contributed by atoms with Crippen molar-refractivity contribution in [2.75, 3.05) is 43.8 Å². The fraction of sp³-hybridized carbons (Fsp3) is 0.588. The molecule has 2 rings (SSSR count). The van der Waals surface area contributed by atoms with Gasteiger partial charge in [0.15, 0.2) is 0 Å². The van der Waals surface area contributed by atoms with Crippen LogP contribution in [0.3, 0.4) is 0 Å². The number of likely N-dealkylation sites (tertiary alicyclic amines) is 1. The Kier molecular flexibility index (Phi) is 6.80. The van der Waals surface area contributed by atoms with Crippen LogP contribution in [0.25, 0.3) is 0 Å². The molecule has 0 aliphatic carbocycles. The largest absolute Gasteiger partial charge is 0.395 e. The molecule has 1 aliphatic rings. The zero-order valence-electron chi connectivity index (χ0n) is 14.8. The van der Waals surface area contributed by atoms with Crippen LogP contribution in [0, 0.1) is 0 Å². The number of nitrogens with zero attached hydrogens (tertiary/aromatic N) is 2. The normalized spacial score (nSPS) is 18.8. The maximum Gasteiger partial charge on any atom is 0.251 e. The number of aliphatic hydroxyl groups is 1. The Hall–Kier alpha value is -1.64. The Morgan fingerprint density at radius 3 is 2.60 bits per heavy atom. The van der Waals surface area contributed by atoms with E-state index in [1.165, 1.54) is 11.4 Å². The van der Waals surface area contributed by atoms with E-state index in [2.05, 4.69) is 10.2 Å². The number of rotatable bonds is 7. The highest BCUT2D eigenvalue weighted by Gasteiger charge is 2.21. The van der Waals surface area contributed by atoms with Gasteiger partial charge in [-0.25, -0.2) is 8.42 Å². The van der Waals surface area contributed by atoms with Gasteiger partial charge in [0.05, 0.1) is 18.6 Å². The molecule has 1 saturated heterocycles. The molecule has 1 aromatic carbocycles. The lowest BCUT2D eigenvalue weighted by Crippen LogP contribution is -2.45. The summed E-state index contributed by atoms with van der Waals surface area (Å²) in [5, 5.41) is 12.3. The number of aliphatic hydroxyl groups excluding tert-OH is 1. The van der Waals surface area contributed by atoms with Gasteiger partial charge in [0.25, 0.3) is 5.91 Å². The van der Waals surface area contributed by atoms with Crippen molar-refractivity contribution >= 4 is 21.6 Å². The molecule has 2 N–H and O–H groups in total. The SMILES string of the molecule is CN(c1ccc(C(=O)NCCN2CCCC[C@@H]2CO)cc1)S(C)(=O)=O. The van der Waals surface area contributed by atoms with Gasteiger partial charge < -0.3 is 10.4 Å². The van der Waals surface area contributed by atoms with Gasteiger partial charge in [-0.1, -0.05) is 6.42 Å². The molecule has 1 aliphatic heterocycles. The van der Waals surface area contributed by atoms with Gasteiger partial charge in [-0.3, -0.25) is 14.0 Å². The third kappa shape index (κ3) is 5.42. The summed E-state index contributed by atoms with van der Waals surface area (Å²) in [5.41, 5.74) is 1.00. The van der Waals surface area contributed by atoms with E-state index in [-0.39, 0.29) is 18.6 Å². The van der Waals surface area contributed by atoms with E-state index >= 15 is 0 Å². The Morgan fingerprint density at radius 1 is 1.32 bits per heavy atom. The standard InChI is InChI=1S/C17H27N3O4S/c1-19(25(2,23)24)15-8-6-14(7-9-15)17(22)18-10-12-20-11-4-3-5-16(20)13-21/h6-9,16,21H,3-5,10-13H2,1-2H3,(H,18,22)/t16-/m1/s1. The van der Waals surface area contributed by atoms with Crippen LogP contribution in [0.5, 0.6) is 0 Å². The zero-order valence-corrected chi connectivity index (χ0v) is 15.6. The van der Waals surface area contributed by atoms with E-state index in [0.717, 1.165) is 32.1 Å². The summed E-state index contributed by atoms with van der Waals surface area (Å²) < 4.78 is 24.2. The second-order valence-corrected chi connectivity index (χ2v) is 8.42. The van der Waals surface area contributed by atoms with E-state index in [4.69, 9.17) is 0 Å². The number of nitrogens with one attached hydrogen (secondary N) is 1. The van der Waals surface area contributed by atoms with Crippen LogP contribution in [0.4, 0.5) is 5.69 Å². The van der Waals surface area contributed by atoms with E-state index in [1.54, 1.807) is 24.3 Å². The van der Waals surface area contributed by atoms with Gasteiger partial charge in [-0.2, -0.15) is 0 Å². The minimum Gasteiger partial charge on any atom is -0.395 e. The Morgan fingerprint density at radius 2 is 2.00 bits per heavy atom. The van der Waals surface area contributed by atoms with Crippen LogP contribution in [-0.2, 0) is 10.0 Å². The first-order chi connectivity index (χ1) is 11.8. The van der Waals surface area contributed by atoms with E-state index in [9.17, 15) is 18.3 Å². The average molecular weight is 369 g/mol. The van der Waals surface area contributed by atoms with Gasteiger partial charge in [0.1, 0.15) is 0 Å². The van der Waals surface area contributed by atoms with Crippen LogP contribution >= 0.6 is 0 Å². The summed E-state index contributed by atoms with van der Waals surface area (Å²) >= 11 is 0. The molecule has 1 amide bonds. The van der Waals surface area contributed by atoms with Gasteiger partial charge in [-0.15, -0.1) is 0 Å². The molecule has 1 atom stereocenters. The number of hydrogen-bond acceptors (Lipinski definition) is 5. The van der Waals surface area contributed by atoms with Crippen molar-refractivity contribution in [1.29, 1.82) is 0 Å². The van der Waals surface area contributed by atoms with Gasteiger partial charge >= 0.3 is 0 Å². The van der Waals surface area contributed by atoms with Crippen LogP contribution in [0.15, 0.2) is 24.3 Å². The third-order valence-corrected chi connectivity index (χ3v) is 5.84. The summed E-state index contributed by atoms with van der Waals surface area (Å²) in [6.45, 7) is 2.34. The van der Waals surface area contributed by atoms with Crippen molar-refractivity contribution in [3.63, 3.8) is 0 Å². The smallest absolute Gasteiger partial charge is 0.251 e. The molecule has 1 fully saturated rings. The average Bonchev–Trinajstić information content (AvgIpc) is 2.60. The van der Waals surface area contributed by atoms with E-state index in [1.807, 2.05) is 0 Å². The second-order valence-electron chi connectivity index (χ2n) is 6.40. The maximum atomic E-state index is 12.2. The van der Waals surface area contributed by atoms with E-state index in [0.29, 0.717) is 24.3 Å². The Bertz CT molecular complexity index is 676. The molecule has 1 heterocycles. The first kappa shape index (κ1) is 19.7. The lowest BCUT2D eigenvalue weighted by molar-refractivity contribution is 0.0849. The summed E-state index contributed by atoms with van der Waals surface area (Å²) in [5.74, 6) is -0.189. The fourth-order valence-corrected chi connectivity index (χ4v) is 3.50.